The van der Waals surface area contributed by atoms with E-state index in [4.69, 9.17) is 4.74 Å². The van der Waals surface area contributed by atoms with Crippen LogP contribution in [0.4, 0.5) is 0 Å². The molecule has 3 aliphatic heterocycles. The minimum Gasteiger partial charge on any atom is -0.448 e. The molecule has 1 fully saturated rings. The van der Waals surface area contributed by atoms with Crippen molar-refractivity contribution in [2.24, 2.45) is 0 Å². The van der Waals surface area contributed by atoms with Gasteiger partial charge < -0.3 is 4.74 Å². The second kappa shape index (κ2) is 6.19. The molecule has 4 heteroatoms. The zero-order chi connectivity index (χ0) is 22.7. The lowest BCUT2D eigenvalue weighted by Crippen LogP contribution is -2.58. The van der Waals surface area contributed by atoms with Crippen LogP contribution in [0.25, 0.3) is 28.0 Å². The summed E-state index contributed by atoms with van der Waals surface area (Å²) in [4.78, 5) is 0. The highest BCUT2D eigenvalue weighted by Crippen LogP contribution is 2.55. The van der Waals surface area contributed by atoms with Gasteiger partial charge in [-0.15, -0.1) is 0 Å². The van der Waals surface area contributed by atoms with E-state index in [1.807, 2.05) is 0 Å². The van der Waals surface area contributed by atoms with Crippen LogP contribution in [-0.4, -0.2) is 4.57 Å². The molecule has 1 spiro atoms. The second-order valence-corrected chi connectivity index (χ2v) is 10.4. The van der Waals surface area contributed by atoms with E-state index < -0.39 is 5.54 Å². The van der Waals surface area contributed by atoms with Gasteiger partial charge in [0.1, 0.15) is 6.04 Å². The molecule has 1 unspecified atom stereocenters. The van der Waals surface area contributed by atoms with Crippen molar-refractivity contribution >= 4 is 11.0 Å². The SMILES string of the molecule is c1ccc2c(c1)-c1cccc[n+]1C21c2cccc3c2-[n+]2c1n(C1CCCCC1)c1cccc(c12)O3. The van der Waals surface area contributed by atoms with Gasteiger partial charge in [0.15, 0.2) is 28.9 Å². The standard InChI is InChI=1S/C31H25N3O/c1-2-10-20(11-3-1)33-25-16-9-18-27-29(25)34-28-23(14-8-17-26(28)35-27)31(30(33)34)22-13-5-4-12-21(22)24-15-6-7-19-32(24)31/h4-9,12-20H,1-3,10-11H2/q+2. The van der Waals surface area contributed by atoms with Crippen molar-refractivity contribution in [3.05, 3.63) is 102 Å². The Balaban J connectivity index is 1.55. The van der Waals surface area contributed by atoms with E-state index in [1.165, 1.54) is 77.0 Å². The first-order chi connectivity index (χ1) is 17.4. The van der Waals surface area contributed by atoms with Crippen molar-refractivity contribution in [1.29, 1.82) is 0 Å². The van der Waals surface area contributed by atoms with Crippen molar-refractivity contribution in [3.63, 3.8) is 0 Å². The van der Waals surface area contributed by atoms with Gasteiger partial charge in [0.25, 0.3) is 0 Å². The third-order valence-electron chi connectivity index (χ3n) is 8.81. The first-order valence-electron chi connectivity index (χ1n) is 12.9. The van der Waals surface area contributed by atoms with E-state index in [0.29, 0.717) is 6.04 Å². The Labute approximate surface area is 203 Å². The summed E-state index contributed by atoms with van der Waals surface area (Å²) in [5, 5.41) is 0. The number of pyridine rings is 1. The summed E-state index contributed by atoms with van der Waals surface area (Å²) in [7, 11) is 0. The molecule has 5 aromatic rings. The number of aromatic nitrogens is 3. The molecule has 4 aliphatic rings. The first kappa shape index (κ1) is 18.4. The van der Waals surface area contributed by atoms with Crippen LogP contribution in [0.5, 0.6) is 11.5 Å². The first-order valence-corrected chi connectivity index (χ1v) is 12.9. The summed E-state index contributed by atoms with van der Waals surface area (Å²) < 4.78 is 14.4. The highest BCUT2D eigenvalue weighted by molar-refractivity contribution is 5.85. The lowest BCUT2D eigenvalue weighted by atomic mass is 9.82. The maximum Gasteiger partial charge on any atom is 0.347 e. The van der Waals surface area contributed by atoms with Crippen LogP contribution >= 0.6 is 0 Å². The molecule has 168 valence electrons. The summed E-state index contributed by atoms with van der Waals surface area (Å²) in [6, 6.07) is 29.3. The van der Waals surface area contributed by atoms with E-state index in [9.17, 15) is 0 Å². The molecule has 0 radical (unpaired) electrons. The number of hydrogen-bond donors (Lipinski definition) is 0. The van der Waals surface area contributed by atoms with Gasteiger partial charge in [-0.25, -0.2) is 4.57 Å². The van der Waals surface area contributed by atoms with E-state index in [1.54, 1.807) is 0 Å². The Morgan fingerprint density at radius 1 is 0.771 bits per heavy atom. The van der Waals surface area contributed by atoms with Crippen LogP contribution in [0.1, 0.15) is 55.1 Å². The maximum atomic E-state index is 6.60. The Hall–Kier alpha value is -3.92. The van der Waals surface area contributed by atoms with Crippen LogP contribution < -0.4 is 13.9 Å². The van der Waals surface area contributed by atoms with E-state index in [-0.39, 0.29) is 0 Å². The minimum atomic E-state index is -0.431. The van der Waals surface area contributed by atoms with Crippen LogP contribution in [0.3, 0.4) is 0 Å². The maximum absolute atomic E-state index is 6.60. The fourth-order valence-electron chi connectivity index (χ4n) is 7.58. The molecule has 2 aromatic heterocycles. The van der Waals surface area contributed by atoms with Gasteiger partial charge in [-0.1, -0.05) is 36.8 Å². The number of hydrogen-bond acceptors (Lipinski definition) is 1. The van der Waals surface area contributed by atoms with E-state index >= 15 is 0 Å². The second-order valence-electron chi connectivity index (χ2n) is 10.4. The number of rotatable bonds is 1. The van der Waals surface area contributed by atoms with Crippen LogP contribution in [0.15, 0.2) is 85.1 Å². The predicted octanol–water partition coefficient (Wildman–Crippen LogP) is 5.95. The highest BCUT2D eigenvalue weighted by atomic mass is 16.5. The molecule has 3 aromatic carbocycles. The molecular weight excluding hydrogens is 430 g/mol. The summed E-state index contributed by atoms with van der Waals surface area (Å²) in [6.07, 6.45) is 8.68. The van der Waals surface area contributed by atoms with Crippen molar-refractivity contribution in [3.8, 4) is 28.4 Å². The summed E-state index contributed by atoms with van der Waals surface area (Å²) >= 11 is 0. The Bertz CT molecular complexity index is 1680. The monoisotopic (exact) mass is 455 g/mol. The predicted molar refractivity (Wildman–Crippen MR) is 133 cm³/mol. The van der Waals surface area contributed by atoms with Gasteiger partial charge in [-0.05, 0) is 62.1 Å². The summed E-state index contributed by atoms with van der Waals surface area (Å²) in [5.41, 5.74) is 8.55. The molecule has 0 saturated heterocycles. The molecule has 5 heterocycles. The molecule has 1 atom stereocenters. The Morgan fingerprint density at radius 3 is 2.51 bits per heavy atom. The number of ether oxygens (including phenoxy) is 1. The fraction of sp³-hybridized carbons (Fsp3) is 0.226. The molecule has 1 aliphatic carbocycles. The smallest absolute Gasteiger partial charge is 0.347 e. The fourth-order valence-corrected chi connectivity index (χ4v) is 7.58. The molecule has 9 rings (SSSR count). The number of para-hydroxylation sites is 2. The Kier molecular flexibility index (Phi) is 3.26. The average molecular weight is 456 g/mol. The van der Waals surface area contributed by atoms with Crippen LogP contribution in [0, 0.1) is 0 Å². The lowest BCUT2D eigenvalue weighted by Gasteiger charge is -2.25. The number of fused-ring (bicyclic) bond motifs is 7. The highest BCUT2D eigenvalue weighted by Gasteiger charge is 2.69. The quantitative estimate of drug-likeness (QED) is 0.280. The van der Waals surface area contributed by atoms with Gasteiger partial charge in [-0.2, -0.15) is 9.13 Å². The molecule has 35 heavy (non-hydrogen) atoms. The third-order valence-corrected chi connectivity index (χ3v) is 8.81. The number of imidazole rings is 1. The van der Waals surface area contributed by atoms with Gasteiger partial charge in [0.2, 0.25) is 11.2 Å². The van der Waals surface area contributed by atoms with E-state index in [0.717, 1.165) is 11.5 Å². The van der Waals surface area contributed by atoms with Crippen molar-refractivity contribution in [2.45, 2.75) is 43.7 Å². The zero-order valence-electron chi connectivity index (χ0n) is 19.4. The topological polar surface area (TPSA) is 21.9 Å². The van der Waals surface area contributed by atoms with Gasteiger partial charge in [0.05, 0.1) is 16.7 Å². The zero-order valence-corrected chi connectivity index (χ0v) is 19.4. The van der Waals surface area contributed by atoms with Gasteiger partial charge in [0, 0.05) is 12.1 Å². The number of nitrogens with zero attached hydrogens (tertiary/aromatic N) is 3. The van der Waals surface area contributed by atoms with E-state index in [2.05, 4.69) is 98.8 Å². The summed E-state index contributed by atoms with van der Waals surface area (Å²) in [6.45, 7) is 0. The van der Waals surface area contributed by atoms with Crippen LogP contribution in [0.2, 0.25) is 0 Å². The molecule has 1 saturated carbocycles. The molecule has 0 N–H and O–H groups in total. The van der Waals surface area contributed by atoms with Crippen molar-refractivity contribution in [2.75, 3.05) is 0 Å². The van der Waals surface area contributed by atoms with Crippen molar-refractivity contribution in [1.82, 2.24) is 4.57 Å². The summed E-state index contributed by atoms with van der Waals surface area (Å²) in [5.74, 6) is 3.28. The normalized spacial score (nSPS) is 20.8. The Morgan fingerprint density at radius 2 is 1.57 bits per heavy atom. The van der Waals surface area contributed by atoms with Gasteiger partial charge >= 0.3 is 11.4 Å². The third kappa shape index (κ3) is 1.96. The van der Waals surface area contributed by atoms with Crippen molar-refractivity contribution < 1.29 is 13.9 Å². The largest absolute Gasteiger partial charge is 0.448 e. The number of benzene rings is 3. The average Bonchev–Trinajstić information content (AvgIpc) is 3.52. The lowest BCUT2D eigenvalue weighted by molar-refractivity contribution is -0.733. The molecule has 0 bridgehead atoms. The molecular formula is C31H25N3O+2. The molecule has 0 amide bonds. The van der Waals surface area contributed by atoms with Crippen LogP contribution in [-0.2, 0) is 5.54 Å². The minimum absolute atomic E-state index is 0.431. The molecule has 4 nitrogen and oxygen atoms in total. The van der Waals surface area contributed by atoms with Gasteiger partial charge in [-0.3, -0.25) is 0 Å².